The maximum absolute atomic E-state index is 5.05. The van der Waals surface area contributed by atoms with E-state index < -0.39 is 0 Å². The van der Waals surface area contributed by atoms with E-state index in [-0.39, 0.29) is 0 Å². The first-order chi connectivity index (χ1) is 13.0. The van der Waals surface area contributed by atoms with Gasteiger partial charge >= 0.3 is 0 Å². The van der Waals surface area contributed by atoms with Gasteiger partial charge < -0.3 is 0 Å². The van der Waals surface area contributed by atoms with Crippen molar-refractivity contribution in [2.45, 2.75) is 27.7 Å². The van der Waals surface area contributed by atoms with Crippen molar-refractivity contribution in [1.82, 2.24) is 4.98 Å². The molecule has 27 heavy (non-hydrogen) atoms. The van der Waals surface area contributed by atoms with Crippen LogP contribution in [0.3, 0.4) is 0 Å². The van der Waals surface area contributed by atoms with E-state index in [1.807, 2.05) is 0 Å². The molecule has 0 aliphatic heterocycles. The number of pyridine rings is 1. The van der Waals surface area contributed by atoms with E-state index in [0.717, 1.165) is 11.3 Å². The summed E-state index contributed by atoms with van der Waals surface area (Å²) in [6.07, 6.45) is 0. The van der Waals surface area contributed by atoms with Crippen LogP contribution in [0.5, 0.6) is 0 Å². The number of hydrogen-bond acceptors (Lipinski definition) is 1. The average Bonchev–Trinajstić information content (AvgIpc) is 2.66. The molecule has 1 nitrogen and oxygen atoms in total. The molecule has 0 aliphatic carbocycles. The largest absolute Gasteiger partial charge is 0.263 e. The number of fused-ring (bicyclic) bond motifs is 1. The molecule has 0 N–H and O–H groups in total. The summed E-state index contributed by atoms with van der Waals surface area (Å²) >= 11 is 0. The monoisotopic (exact) mass is 349 g/mol. The highest BCUT2D eigenvalue weighted by atomic mass is 14.7. The third kappa shape index (κ3) is 2.86. The highest BCUT2D eigenvalue weighted by Crippen LogP contribution is 2.37. The first-order valence-corrected chi connectivity index (χ1v) is 9.51. The standard InChI is InChI=1S/C25H24BN/c1-15-9-5-7-11-19(15)21-13-14-22-18(4)25(26)27-24(23(22)17(21)3)20-12-8-6-10-16(20)2/h5-14H,26H2,1-4H3. The summed E-state index contributed by atoms with van der Waals surface area (Å²) < 4.78 is 0. The zero-order chi connectivity index (χ0) is 19.1. The van der Waals surface area contributed by atoms with Gasteiger partial charge in [-0.2, -0.15) is 0 Å². The molecule has 132 valence electrons. The number of benzene rings is 3. The van der Waals surface area contributed by atoms with Crippen LogP contribution < -0.4 is 5.59 Å². The van der Waals surface area contributed by atoms with Crippen molar-refractivity contribution in [2.75, 3.05) is 0 Å². The van der Waals surface area contributed by atoms with E-state index in [2.05, 4.69) is 96.2 Å². The summed E-state index contributed by atoms with van der Waals surface area (Å²) in [5.74, 6) is 0. The average molecular weight is 349 g/mol. The maximum atomic E-state index is 5.05. The summed E-state index contributed by atoms with van der Waals surface area (Å²) in [7, 11) is 2.11. The molecular weight excluding hydrogens is 325 g/mol. The minimum Gasteiger partial charge on any atom is -0.263 e. The van der Waals surface area contributed by atoms with Crippen molar-refractivity contribution in [2.24, 2.45) is 0 Å². The van der Waals surface area contributed by atoms with Gasteiger partial charge in [-0.15, -0.1) is 0 Å². The van der Waals surface area contributed by atoms with Crippen LogP contribution in [0.1, 0.15) is 22.3 Å². The van der Waals surface area contributed by atoms with Gasteiger partial charge in [-0.25, -0.2) is 0 Å². The summed E-state index contributed by atoms with van der Waals surface area (Å²) in [6, 6.07) is 21.7. The van der Waals surface area contributed by atoms with Crippen LogP contribution in [0.4, 0.5) is 0 Å². The zero-order valence-electron chi connectivity index (χ0n) is 16.7. The highest BCUT2D eigenvalue weighted by Gasteiger charge is 2.16. The summed E-state index contributed by atoms with van der Waals surface area (Å²) in [5.41, 5.74) is 11.1. The normalized spacial score (nSPS) is 11.1. The first kappa shape index (κ1) is 17.5. The van der Waals surface area contributed by atoms with Crippen LogP contribution in [-0.2, 0) is 0 Å². The van der Waals surface area contributed by atoms with Crippen molar-refractivity contribution in [1.29, 1.82) is 0 Å². The van der Waals surface area contributed by atoms with Gasteiger partial charge in [-0.1, -0.05) is 60.7 Å². The smallest absolute Gasteiger partial charge is 0.164 e. The van der Waals surface area contributed by atoms with Crippen LogP contribution in [0.2, 0.25) is 0 Å². The Kier molecular flexibility index (Phi) is 4.35. The van der Waals surface area contributed by atoms with E-state index in [9.17, 15) is 0 Å². The Hall–Kier alpha value is -2.87. The molecule has 0 fully saturated rings. The molecule has 2 heteroatoms. The maximum Gasteiger partial charge on any atom is 0.164 e. The molecule has 0 bridgehead atoms. The van der Waals surface area contributed by atoms with E-state index >= 15 is 0 Å². The minimum atomic E-state index is 1.10. The lowest BCUT2D eigenvalue weighted by Crippen LogP contribution is -2.15. The molecular formula is C25H24BN. The van der Waals surface area contributed by atoms with Gasteiger partial charge in [0, 0.05) is 10.9 Å². The van der Waals surface area contributed by atoms with Crippen LogP contribution in [0.15, 0.2) is 60.7 Å². The van der Waals surface area contributed by atoms with Gasteiger partial charge in [0.05, 0.1) is 5.69 Å². The Bertz CT molecular complexity index is 1170. The fourth-order valence-corrected chi connectivity index (χ4v) is 4.03. The second-order valence-corrected chi connectivity index (χ2v) is 7.46. The molecule has 1 aromatic heterocycles. The SMILES string of the molecule is Bc1nc(-c2ccccc2C)c2c(C)c(-c3ccccc3C)ccc2c1C. The molecule has 3 aromatic carbocycles. The number of aryl methyl sites for hydroxylation is 4. The predicted molar refractivity (Wildman–Crippen MR) is 120 cm³/mol. The molecule has 0 radical (unpaired) electrons. The summed E-state index contributed by atoms with van der Waals surface area (Å²) in [5, 5.41) is 2.57. The highest BCUT2D eigenvalue weighted by molar-refractivity contribution is 6.33. The topological polar surface area (TPSA) is 12.9 Å². The fraction of sp³-hybridized carbons (Fsp3) is 0.160. The molecule has 4 rings (SSSR count). The van der Waals surface area contributed by atoms with Crippen molar-refractivity contribution in [3.8, 4) is 22.4 Å². The molecule has 0 saturated heterocycles. The third-order valence-electron chi connectivity index (χ3n) is 5.76. The number of rotatable bonds is 2. The Morgan fingerprint density at radius 2 is 1.22 bits per heavy atom. The lowest BCUT2D eigenvalue weighted by molar-refractivity contribution is 1.33. The molecule has 0 saturated carbocycles. The molecule has 4 aromatic rings. The van der Waals surface area contributed by atoms with E-state index in [1.54, 1.807) is 0 Å². The van der Waals surface area contributed by atoms with Crippen molar-refractivity contribution in [3.05, 3.63) is 82.9 Å². The van der Waals surface area contributed by atoms with Crippen LogP contribution in [0.25, 0.3) is 33.2 Å². The molecule has 0 amide bonds. The van der Waals surface area contributed by atoms with Gasteiger partial charge in [0.1, 0.15) is 0 Å². The van der Waals surface area contributed by atoms with Crippen molar-refractivity contribution < 1.29 is 0 Å². The van der Waals surface area contributed by atoms with Crippen molar-refractivity contribution >= 4 is 24.2 Å². The van der Waals surface area contributed by atoms with Crippen LogP contribution in [0, 0.1) is 27.7 Å². The van der Waals surface area contributed by atoms with Crippen molar-refractivity contribution in [3.63, 3.8) is 0 Å². The number of hydrogen-bond donors (Lipinski definition) is 0. The van der Waals surface area contributed by atoms with Gasteiger partial charge in [0.15, 0.2) is 7.85 Å². The first-order valence-electron chi connectivity index (χ1n) is 9.51. The molecule has 0 atom stereocenters. The van der Waals surface area contributed by atoms with Crippen LogP contribution >= 0.6 is 0 Å². The molecule has 0 spiro atoms. The molecule has 0 unspecified atom stereocenters. The second-order valence-electron chi connectivity index (χ2n) is 7.46. The van der Waals surface area contributed by atoms with Gasteiger partial charge in [0.2, 0.25) is 0 Å². The second kappa shape index (κ2) is 6.70. The number of aromatic nitrogens is 1. The quantitative estimate of drug-likeness (QED) is 0.461. The van der Waals surface area contributed by atoms with Gasteiger partial charge in [-0.3, -0.25) is 4.98 Å². The summed E-state index contributed by atoms with van der Waals surface area (Å²) in [4.78, 5) is 5.05. The minimum absolute atomic E-state index is 1.10. The van der Waals surface area contributed by atoms with Crippen LogP contribution in [-0.4, -0.2) is 12.8 Å². The van der Waals surface area contributed by atoms with E-state index in [0.29, 0.717) is 0 Å². The van der Waals surface area contributed by atoms with Gasteiger partial charge in [-0.05, 0) is 72.1 Å². The fourth-order valence-electron chi connectivity index (χ4n) is 4.03. The van der Waals surface area contributed by atoms with E-state index in [4.69, 9.17) is 4.98 Å². The molecule has 0 aliphatic rings. The predicted octanol–water partition coefficient (Wildman–Crippen LogP) is 5.06. The number of nitrogens with zero attached hydrogens (tertiary/aromatic N) is 1. The van der Waals surface area contributed by atoms with Gasteiger partial charge in [0.25, 0.3) is 0 Å². The lowest BCUT2D eigenvalue weighted by Gasteiger charge is -2.18. The third-order valence-corrected chi connectivity index (χ3v) is 5.76. The van der Waals surface area contributed by atoms with E-state index in [1.165, 1.54) is 49.7 Å². The zero-order valence-corrected chi connectivity index (χ0v) is 16.7. The Labute approximate surface area is 162 Å². The Morgan fingerprint density at radius 3 is 1.85 bits per heavy atom. The Morgan fingerprint density at radius 1 is 0.630 bits per heavy atom. The Balaban J connectivity index is 2.13. The summed E-state index contributed by atoms with van der Waals surface area (Å²) in [6.45, 7) is 8.76. The lowest BCUT2D eigenvalue weighted by atomic mass is 9.86. The molecule has 1 heterocycles.